The smallest absolute Gasteiger partial charge is 0.417 e. The Morgan fingerprint density at radius 1 is 1.43 bits per heavy atom. The van der Waals surface area contributed by atoms with E-state index in [2.05, 4.69) is 4.90 Å². The number of amides is 2. The maximum atomic E-state index is 12.7. The molecule has 0 N–H and O–H groups in total. The van der Waals surface area contributed by atoms with E-state index in [1.165, 1.54) is 4.90 Å². The topological polar surface area (TPSA) is 49.9 Å². The van der Waals surface area contributed by atoms with Gasteiger partial charge in [-0.1, -0.05) is 54.3 Å². The van der Waals surface area contributed by atoms with Crippen LogP contribution in [0.4, 0.5) is 4.79 Å². The predicted molar refractivity (Wildman–Crippen MR) is 93.2 cm³/mol. The number of hydrogen-bond donors (Lipinski definition) is 0. The number of thioether (sulfide) groups is 1. The minimum atomic E-state index is -0.561. The highest BCUT2D eigenvalue weighted by Gasteiger charge is 2.39. The molecule has 1 aromatic rings. The van der Waals surface area contributed by atoms with Crippen molar-refractivity contribution in [2.45, 2.75) is 25.4 Å². The molecule has 1 unspecified atom stereocenters. The van der Waals surface area contributed by atoms with Gasteiger partial charge in [-0.05, 0) is 12.5 Å². The van der Waals surface area contributed by atoms with Crippen molar-refractivity contribution in [2.24, 2.45) is 0 Å². The molecule has 2 amide bonds. The van der Waals surface area contributed by atoms with Crippen molar-refractivity contribution in [3.8, 4) is 0 Å². The summed E-state index contributed by atoms with van der Waals surface area (Å²) >= 11 is 6.93. The fourth-order valence-corrected chi connectivity index (χ4v) is 4.31. The summed E-state index contributed by atoms with van der Waals surface area (Å²) in [6.45, 7) is 3.03. The fourth-order valence-electron chi connectivity index (χ4n) is 2.88. The highest BCUT2D eigenvalue weighted by molar-refractivity contribution is 8.23. The zero-order valence-electron chi connectivity index (χ0n) is 12.8. The molecule has 2 saturated heterocycles. The quantitative estimate of drug-likeness (QED) is 0.779. The number of imide groups is 1. The number of benzene rings is 1. The van der Waals surface area contributed by atoms with E-state index in [1.807, 2.05) is 37.3 Å². The molecular weight excluding hydrogens is 332 g/mol. The van der Waals surface area contributed by atoms with E-state index in [9.17, 15) is 9.59 Å². The molecule has 0 bridgehead atoms. The summed E-state index contributed by atoms with van der Waals surface area (Å²) in [7, 11) is 0. The number of thiocarbonyl (C=S) groups is 1. The Hall–Kier alpha value is -1.60. The van der Waals surface area contributed by atoms with Gasteiger partial charge in [0.25, 0.3) is 0 Å². The minimum absolute atomic E-state index is 0.0187. The normalized spacial score (nSPS) is 22.4. The number of carbonyl (C=O) groups is 2. The maximum absolute atomic E-state index is 12.7. The van der Waals surface area contributed by atoms with Gasteiger partial charge in [0.15, 0.2) is 0 Å². The van der Waals surface area contributed by atoms with Crippen LogP contribution in [-0.4, -0.2) is 51.1 Å². The summed E-state index contributed by atoms with van der Waals surface area (Å²) in [4.78, 5) is 28.0. The van der Waals surface area contributed by atoms with Crippen molar-refractivity contribution in [1.29, 1.82) is 0 Å². The van der Waals surface area contributed by atoms with Crippen LogP contribution in [0.2, 0.25) is 0 Å². The molecule has 7 heteroatoms. The van der Waals surface area contributed by atoms with Crippen LogP contribution in [0.1, 0.15) is 24.9 Å². The van der Waals surface area contributed by atoms with E-state index in [-0.39, 0.29) is 31.0 Å². The number of carbonyl (C=O) groups excluding carboxylic acids is 2. The lowest BCUT2D eigenvalue weighted by Crippen LogP contribution is -2.40. The van der Waals surface area contributed by atoms with Crippen LogP contribution in [0.3, 0.4) is 0 Å². The largest absolute Gasteiger partial charge is 0.446 e. The van der Waals surface area contributed by atoms with Crippen LogP contribution in [0.15, 0.2) is 30.3 Å². The van der Waals surface area contributed by atoms with Crippen LogP contribution in [0.25, 0.3) is 0 Å². The Morgan fingerprint density at radius 2 is 2.17 bits per heavy atom. The van der Waals surface area contributed by atoms with E-state index in [4.69, 9.17) is 17.0 Å². The second-order valence-corrected chi connectivity index (χ2v) is 7.36. The van der Waals surface area contributed by atoms with Gasteiger partial charge >= 0.3 is 6.09 Å². The molecule has 23 heavy (non-hydrogen) atoms. The first-order valence-electron chi connectivity index (χ1n) is 7.55. The molecule has 2 heterocycles. The number of hydrogen-bond acceptors (Lipinski definition) is 5. The maximum Gasteiger partial charge on any atom is 0.417 e. The molecule has 1 aromatic carbocycles. The second kappa shape index (κ2) is 6.88. The molecule has 2 fully saturated rings. The van der Waals surface area contributed by atoms with E-state index < -0.39 is 6.09 Å². The summed E-state index contributed by atoms with van der Waals surface area (Å²) in [5.74, 6) is 0.740. The summed E-state index contributed by atoms with van der Waals surface area (Å²) in [6.07, 6.45) is -0.312. The first kappa shape index (κ1) is 16.3. The summed E-state index contributed by atoms with van der Waals surface area (Å²) < 4.78 is 5.93. The molecule has 5 nitrogen and oxygen atoms in total. The van der Waals surface area contributed by atoms with Crippen LogP contribution < -0.4 is 0 Å². The Kier molecular flexibility index (Phi) is 4.87. The van der Waals surface area contributed by atoms with Crippen molar-refractivity contribution < 1.29 is 14.3 Å². The second-order valence-electron chi connectivity index (χ2n) is 5.63. The third kappa shape index (κ3) is 3.35. The van der Waals surface area contributed by atoms with Gasteiger partial charge in [0.05, 0.1) is 0 Å². The molecule has 2 atom stereocenters. The highest BCUT2D eigenvalue weighted by atomic mass is 32.2. The van der Waals surface area contributed by atoms with Gasteiger partial charge in [0, 0.05) is 24.8 Å². The lowest BCUT2D eigenvalue weighted by atomic mass is 10.1. The third-order valence-corrected chi connectivity index (χ3v) is 5.58. The molecule has 122 valence electrons. The van der Waals surface area contributed by atoms with Gasteiger partial charge in [-0.3, -0.25) is 4.79 Å². The van der Waals surface area contributed by atoms with Gasteiger partial charge in [-0.25, -0.2) is 9.69 Å². The van der Waals surface area contributed by atoms with E-state index in [0.29, 0.717) is 0 Å². The summed E-state index contributed by atoms with van der Waals surface area (Å²) in [6, 6.07) is 9.14. The first-order valence-corrected chi connectivity index (χ1v) is 8.94. The van der Waals surface area contributed by atoms with Gasteiger partial charge in [-0.2, -0.15) is 0 Å². The Balaban J connectivity index is 1.71. The number of nitrogens with zero attached hydrogens (tertiary/aromatic N) is 2. The molecule has 0 spiro atoms. The van der Waals surface area contributed by atoms with Crippen molar-refractivity contribution in [3.05, 3.63) is 35.9 Å². The molecule has 2 aliphatic heterocycles. The van der Waals surface area contributed by atoms with Gasteiger partial charge < -0.3 is 9.64 Å². The van der Waals surface area contributed by atoms with Crippen molar-refractivity contribution >= 4 is 40.3 Å². The monoisotopic (exact) mass is 350 g/mol. The standard InChI is InChI=1S/C16H18N2O3S2/c1-11(17-7-8-23-16(17)22)9-14(19)18-13(10-21-15(18)20)12-5-3-2-4-6-12/h2-6,11,13H,7-10H2,1H3/t11?,13-/m0/s1. The zero-order chi connectivity index (χ0) is 16.4. The third-order valence-electron chi connectivity index (χ3n) is 4.12. The van der Waals surface area contributed by atoms with Crippen LogP contribution in [0.5, 0.6) is 0 Å². The average molecular weight is 350 g/mol. The number of ether oxygens (including phenoxy) is 1. The molecule has 0 radical (unpaired) electrons. The fraction of sp³-hybridized carbons (Fsp3) is 0.438. The number of cyclic esters (lactones) is 1. The van der Waals surface area contributed by atoms with Crippen LogP contribution in [-0.2, 0) is 9.53 Å². The molecule has 0 aromatic heterocycles. The van der Waals surface area contributed by atoms with Crippen molar-refractivity contribution in [2.75, 3.05) is 18.9 Å². The lowest BCUT2D eigenvalue weighted by molar-refractivity contribution is -0.130. The first-order chi connectivity index (χ1) is 11.1. The van der Waals surface area contributed by atoms with Crippen molar-refractivity contribution in [1.82, 2.24) is 9.80 Å². The minimum Gasteiger partial charge on any atom is -0.446 e. The van der Waals surface area contributed by atoms with E-state index >= 15 is 0 Å². The SMILES string of the molecule is CC(CC(=O)N1C(=O)OC[C@H]1c1ccccc1)N1CCSC1=S. The van der Waals surface area contributed by atoms with E-state index in [1.54, 1.807) is 11.8 Å². The molecular formula is C16H18N2O3S2. The van der Waals surface area contributed by atoms with E-state index in [0.717, 1.165) is 22.2 Å². The van der Waals surface area contributed by atoms with Gasteiger partial charge in [0.2, 0.25) is 5.91 Å². The molecule has 0 saturated carbocycles. The Bertz CT molecular complexity index is 623. The average Bonchev–Trinajstić information content (AvgIpc) is 3.14. The molecule has 2 aliphatic rings. The predicted octanol–water partition coefficient (Wildman–Crippen LogP) is 2.82. The molecule has 0 aliphatic carbocycles. The highest BCUT2D eigenvalue weighted by Crippen LogP contribution is 2.29. The Morgan fingerprint density at radius 3 is 2.83 bits per heavy atom. The van der Waals surface area contributed by atoms with Gasteiger partial charge in [0.1, 0.15) is 17.0 Å². The zero-order valence-corrected chi connectivity index (χ0v) is 14.4. The van der Waals surface area contributed by atoms with Gasteiger partial charge in [-0.15, -0.1) is 0 Å². The Labute approximate surface area is 145 Å². The van der Waals surface area contributed by atoms with Crippen molar-refractivity contribution in [3.63, 3.8) is 0 Å². The van der Waals surface area contributed by atoms with Crippen LogP contribution in [0, 0.1) is 0 Å². The lowest BCUT2D eigenvalue weighted by Gasteiger charge is -2.27. The summed E-state index contributed by atoms with van der Waals surface area (Å²) in [5, 5.41) is 0. The summed E-state index contributed by atoms with van der Waals surface area (Å²) in [5.41, 5.74) is 0.909. The molecule has 3 rings (SSSR count). The van der Waals surface area contributed by atoms with Crippen LogP contribution >= 0.6 is 24.0 Å². The number of rotatable bonds is 4.